The van der Waals surface area contributed by atoms with Crippen LogP contribution in [0.3, 0.4) is 0 Å². The summed E-state index contributed by atoms with van der Waals surface area (Å²) in [5.41, 5.74) is 5.54. The molecule has 0 bridgehead atoms. The first-order valence-electron chi connectivity index (χ1n) is 6.34. The minimum Gasteiger partial charge on any atom is -0.504 e. The number of nitrogens with two attached hydrogens (primary N) is 1. The molecule has 0 radical (unpaired) electrons. The molecule has 1 atom stereocenters. The van der Waals surface area contributed by atoms with Crippen molar-refractivity contribution in [1.29, 1.82) is 0 Å². The molecule has 0 heterocycles. The van der Waals surface area contributed by atoms with Gasteiger partial charge in [-0.15, -0.1) is 0 Å². The standard InChI is InChI=1S/C14H22N2O4/c1-14(2,3)20-13(18)16-10(8-15)9-6-5-7-11(19-4)12(9)17/h5-7,10,17H,8,15H2,1-4H3,(H,16,18). The van der Waals surface area contributed by atoms with Crippen LogP contribution in [0.2, 0.25) is 0 Å². The van der Waals surface area contributed by atoms with Gasteiger partial charge in [-0.2, -0.15) is 0 Å². The van der Waals surface area contributed by atoms with Gasteiger partial charge in [0.2, 0.25) is 0 Å². The van der Waals surface area contributed by atoms with Crippen LogP contribution >= 0.6 is 0 Å². The maximum absolute atomic E-state index is 11.8. The van der Waals surface area contributed by atoms with E-state index >= 15 is 0 Å². The van der Waals surface area contributed by atoms with Gasteiger partial charge in [0.15, 0.2) is 11.5 Å². The highest BCUT2D eigenvalue weighted by Gasteiger charge is 2.22. The summed E-state index contributed by atoms with van der Waals surface area (Å²) in [6.07, 6.45) is -0.588. The first kappa shape index (κ1) is 16.1. The first-order valence-corrected chi connectivity index (χ1v) is 6.34. The molecular formula is C14H22N2O4. The van der Waals surface area contributed by atoms with Crippen LogP contribution in [0.1, 0.15) is 32.4 Å². The quantitative estimate of drug-likeness (QED) is 0.784. The molecule has 6 heteroatoms. The first-order chi connectivity index (χ1) is 9.28. The van der Waals surface area contributed by atoms with E-state index in [4.69, 9.17) is 15.2 Å². The zero-order valence-corrected chi connectivity index (χ0v) is 12.3. The van der Waals surface area contributed by atoms with Crippen molar-refractivity contribution in [3.8, 4) is 11.5 Å². The fourth-order valence-electron chi connectivity index (χ4n) is 1.70. The number of phenols is 1. The number of alkyl carbamates (subject to hydrolysis) is 1. The highest BCUT2D eigenvalue weighted by Crippen LogP contribution is 2.33. The van der Waals surface area contributed by atoms with Gasteiger partial charge in [-0.05, 0) is 26.8 Å². The van der Waals surface area contributed by atoms with Crippen LogP contribution in [0.5, 0.6) is 11.5 Å². The Kier molecular flexibility index (Phi) is 5.21. The Hall–Kier alpha value is -1.95. The third-order valence-corrected chi connectivity index (χ3v) is 2.55. The molecule has 0 fully saturated rings. The normalized spacial score (nSPS) is 12.7. The van der Waals surface area contributed by atoms with E-state index in [1.54, 1.807) is 39.0 Å². The van der Waals surface area contributed by atoms with Crippen molar-refractivity contribution in [2.24, 2.45) is 5.73 Å². The topological polar surface area (TPSA) is 93.8 Å². The van der Waals surface area contributed by atoms with Crippen molar-refractivity contribution in [2.45, 2.75) is 32.4 Å². The highest BCUT2D eigenvalue weighted by molar-refractivity contribution is 5.69. The number of amides is 1. The van der Waals surface area contributed by atoms with E-state index in [1.165, 1.54) is 7.11 Å². The summed E-state index contributed by atoms with van der Waals surface area (Å²) in [7, 11) is 1.46. The fraction of sp³-hybridized carbons (Fsp3) is 0.500. The second-order valence-electron chi connectivity index (χ2n) is 5.33. The molecular weight excluding hydrogens is 260 g/mol. The minimum absolute atomic E-state index is 0.0403. The van der Waals surface area contributed by atoms with Crippen LogP contribution in [0.25, 0.3) is 0 Å². The molecule has 1 aromatic rings. The number of ether oxygens (including phenoxy) is 2. The second kappa shape index (κ2) is 6.47. The SMILES string of the molecule is COc1cccc(C(CN)NC(=O)OC(C)(C)C)c1O. The number of carbonyl (C=O) groups excluding carboxylic acids is 1. The Balaban J connectivity index is 2.89. The van der Waals surface area contributed by atoms with E-state index in [1.807, 2.05) is 0 Å². The lowest BCUT2D eigenvalue weighted by Crippen LogP contribution is -2.37. The number of benzene rings is 1. The monoisotopic (exact) mass is 282 g/mol. The van der Waals surface area contributed by atoms with E-state index in [2.05, 4.69) is 5.32 Å². The Morgan fingerprint density at radius 3 is 2.60 bits per heavy atom. The number of carbonyl (C=O) groups is 1. The molecule has 0 saturated carbocycles. The molecule has 0 aliphatic heterocycles. The summed E-state index contributed by atoms with van der Waals surface area (Å²) in [5, 5.41) is 12.7. The summed E-state index contributed by atoms with van der Waals surface area (Å²) < 4.78 is 10.2. The Labute approximate surface area is 118 Å². The lowest BCUT2D eigenvalue weighted by Gasteiger charge is -2.23. The molecule has 0 spiro atoms. The zero-order valence-electron chi connectivity index (χ0n) is 12.3. The predicted octanol–water partition coefficient (Wildman–Crippen LogP) is 1.93. The van der Waals surface area contributed by atoms with Gasteiger partial charge in [0.05, 0.1) is 13.2 Å². The van der Waals surface area contributed by atoms with Gasteiger partial charge in [0.1, 0.15) is 5.60 Å². The number of para-hydroxylation sites is 1. The maximum atomic E-state index is 11.8. The average Bonchev–Trinajstić information content (AvgIpc) is 2.34. The maximum Gasteiger partial charge on any atom is 0.408 e. The molecule has 4 N–H and O–H groups in total. The third-order valence-electron chi connectivity index (χ3n) is 2.55. The molecule has 6 nitrogen and oxygen atoms in total. The average molecular weight is 282 g/mol. The molecule has 1 aromatic carbocycles. The number of aromatic hydroxyl groups is 1. The molecule has 1 amide bonds. The van der Waals surface area contributed by atoms with Crippen LogP contribution < -0.4 is 15.8 Å². The lowest BCUT2D eigenvalue weighted by atomic mass is 10.1. The van der Waals surface area contributed by atoms with Gasteiger partial charge in [-0.1, -0.05) is 12.1 Å². The second-order valence-corrected chi connectivity index (χ2v) is 5.33. The van der Waals surface area contributed by atoms with Gasteiger partial charge in [-0.25, -0.2) is 4.79 Å². The highest BCUT2D eigenvalue weighted by atomic mass is 16.6. The van der Waals surface area contributed by atoms with Crippen molar-refractivity contribution in [3.05, 3.63) is 23.8 Å². The molecule has 1 rings (SSSR count). The third kappa shape index (κ3) is 4.31. The van der Waals surface area contributed by atoms with Gasteiger partial charge < -0.3 is 25.6 Å². The minimum atomic E-state index is -0.598. The number of methoxy groups -OCH3 is 1. The van der Waals surface area contributed by atoms with Crippen LogP contribution in [0, 0.1) is 0 Å². The fourth-order valence-corrected chi connectivity index (χ4v) is 1.70. The molecule has 0 aliphatic carbocycles. The number of rotatable bonds is 4. The van der Waals surface area contributed by atoms with E-state index in [-0.39, 0.29) is 12.3 Å². The Morgan fingerprint density at radius 2 is 2.10 bits per heavy atom. The van der Waals surface area contributed by atoms with Crippen LogP contribution in [-0.4, -0.2) is 30.5 Å². The molecule has 1 unspecified atom stereocenters. The van der Waals surface area contributed by atoms with Crippen molar-refractivity contribution in [3.63, 3.8) is 0 Å². The van der Waals surface area contributed by atoms with Gasteiger partial charge in [0, 0.05) is 12.1 Å². The smallest absolute Gasteiger partial charge is 0.408 e. The summed E-state index contributed by atoms with van der Waals surface area (Å²) in [5.74, 6) is 0.286. The molecule has 0 aliphatic rings. The molecule has 20 heavy (non-hydrogen) atoms. The van der Waals surface area contributed by atoms with Gasteiger partial charge in [-0.3, -0.25) is 0 Å². The largest absolute Gasteiger partial charge is 0.504 e. The van der Waals surface area contributed by atoms with Crippen molar-refractivity contribution in [1.82, 2.24) is 5.32 Å². The number of nitrogens with one attached hydrogen (secondary N) is 1. The number of phenolic OH excluding ortho intramolecular Hbond substituents is 1. The van der Waals surface area contributed by atoms with E-state index in [9.17, 15) is 9.90 Å². The Bertz CT molecular complexity index is 469. The summed E-state index contributed by atoms with van der Waals surface area (Å²) in [6.45, 7) is 5.44. The summed E-state index contributed by atoms with van der Waals surface area (Å²) in [4.78, 5) is 11.8. The van der Waals surface area contributed by atoms with E-state index in [0.717, 1.165) is 0 Å². The molecule has 0 aromatic heterocycles. The van der Waals surface area contributed by atoms with Crippen LogP contribution in [0.15, 0.2) is 18.2 Å². The lowest BCUT2D eigenvalue weighted by molar-refractivity contribution is 0.0505. The summed E-state index contributed by atoms with van der Waals surface area (Å²) in [6, 6.07) is 4.46. The zero-order chi connectivity index (χ0) is 15.3. The van der Waals surface area contributed by atoms with Crippen molar-refractivity contribution < 1.29 is 19.4 Å². The predicted molar refractivity (Wildman–Crippen MR) is 75.8 cm³/mol. The van der Waals surface area contributed by atoms with Crippen molar-refractivity contribution >= 4 is 6.09 Å². The van der Waals surface area contributed by atoms with Crippen molar-refractivity contribution in [2.75, 3.05) is 13.7 Å². The van der Waals surface area contributed by atoms with Crippen LogP contribution in [-0.2, 0) is 4.74 Å². The van der Waals surface area contributed by atoms with E-state index < -0.39 is 17.7 Å². The Morgan fingerprint density at radius 1 is 1.45 bits per heavy atom. The molecule has 112 valence electrons. The number of hydrogen-bond donors (Lipinski definition) is 3. The van der Waals surface area contributed by atoms with Crippen LogP contribution in [0.4, 0.5) is 4.79 Å². The van der Waals surface area contributed by atoms with E-state index in [0.29, 0.717) is 11.3 Å². The van der Waals surface area contributed by atoms with Gasteiger partial charge >= 0.3 is 6.09 Å². The number of hydrogen-bond acceptors (Lipinski definition) is 5. The summed E-state index contributed by atoms with van der Waals surface area (Å²) >= 11 is 0. The van der Waals surface area contributed by atoms with Gasteiger partial charge in [0.25, 0.3) is 0 Å². The molecule has 0 saturated heterocycles.